The number of carbonyl (C=O) groups excluding carboxylic acids is 1. The van der Waals surface area contributed by atoms with E-state index in [1.807, 2.05) is 17.0 Å². The predicted molar refractivity (Wildman–Crippen MR) is 87.8 cm³/mol. The lowest BCUT2D eigenvalue weighted by Gasteiger charge is -2.26. The van der Waals surface area contributed by atoms with Crippen LogP contribution >= 0.6 is 0 Å². The van der Waals surface area contributed by atoms with Crippen LogP contribution in [0.15, 0.2) is 41.3 Å². The molecule has 0 radical (unpaired) electrons. The molecule has 2 saturated heterocycles. The van der Waals surface area contributed by atoms with Crippen molar-refractivity contribution in [2.75, 3.05) is 33.8 Å². The van der Waals surface area contributed by atoms with Crippen LogP contribution in [0.25, 0.3) is 0 Å². The Labute approximate surface area is 141 Å². The van der Waals surface area contributed by atoms with Gasteiger partial charge in [0.1, 0.15) is 5.75 Å². The number of benzene rings is 1. The first-order valence-corrected chi connectivity index (χ1v) is 8.19. The van der Waals surface area contributed by atoms with E-state index in [1.165, 1.54) is 18.2 Å². The van der Waals surface area contributed by atoms with E-state index in [9.17, 15) is 4.79 Å². The molecule has 24 heavy (non-hydrogen) atoms. The molecule has 1 amide bonds. The van der Waals surface area contributed by atoms with Gasteiger partial charge in [-0.3, -0.25) is 9.69 Å². The summed E-state index contributed by atoms with van der Waals surface area (Å²) in [5.41, 5.74) is 1.28. The second-order valence-corrected chi connectivity index (χ2v) is 6.66. The first kappa shape index (κ1) is 15.2. The highest BCUT2D eigenvalue weighted by Crippen LogP contribution is 2.44. The molecule has 0 N–H and O–H groups in total. The molecule has 2 aromatic rings. The van der Waals surface area contributed by atoms with E-state index in [0.717, 1.165) is 25.4 Å². The van der Waals surface area contributed by atoms with Crippen molar-refractivity contribution in [3.05, 3.63) is 48.2 Å². The summed E-state index contributed by atoms with van der Waals surface area (Å²) in [6.45, 7) is 2.54. The quantitative estimate of drug-likeness (QED) is 0.864. The summed E-state index contributed by atoms with van der Waals surface area (Å²) in [5, 5.41) is 0. The van der Waals surface area contributed by atoms with Crippen LogP contribution in [-0.2, 0) is 0 Å². The highest BCUT2D eigenvalue weighted by molar-refractivity contribution is 5.91. The number of methoxy groups -OCH3 is 1. The van der Waals surface area contributed by atoms with Gasteiger partial charge in [-0.25, -0.2) is 4.98 Å². The molecule has 0 unspecified atom stereocenters. The van der Waals surface area contributed by atoms with Crippen molar-refractivity contribution in [1.29, 1.82) is 0 Å². The van der Waals surface area contributed by atoms with E-state index < -0.39 is 0 Å². The number of ether oxygens (including phenoxy) is 1. The molecule has 2 aliphatic rings. The lowest BCUT2D eigenvalue weighted by atomic mass is 9.89. The Bertz CT molecular complexity index is 714. The van der Waals surface area contributed by atoms with Crippen molar-refractivity contribution in [3.8, 4) is 5.75 Å². The molecule has 2 fully saturated rings. The molecule has 3 heterocycles. The summed E-state index contributed by atoms with van der Waals surface area (Å²) >= 11 is 0. The van der Waals surface area contributed by atoms with Crippen LogP contribution in [0.2, 0.25) is 0 Å². The molecule has 1 aromatic heterocycles. The maximum absolute atomic E-state index is 12.5. The van der Waals surface area contributed by atoms with Gasteiger partial charge in [0.25, 0.3) is 5.91 Å². The summed E-state index contributed by atoms with van der Waals surface area (Å²) in [6, 6.07) is 8.59. The SMILES string of the molecule is COc1ccc([C@@H]2[C@@H]3CN(C(=O)c4cnco4)C[C@@H]3CN2C)cc1. The normalized spacial score (nSPS) is 26.6. The second-order valence-electron chi connectivity index (χ2n) is 6.66. The van der Waals surface area contributed by atoms with Crippen molar-refractivity contribution in [1.82, 2.24) is 14.8 Å². The van der Waals surface area contributed by atoms with E-state index >= 15 is 0 Å². The van der Waals surface area contributed by atoms with Gasteiger partial charge in [-0.05, 0) is 30.7 Å². The number of nitrogens with zero attached hydrogens (tertiary/aromatic N) is 3. The molecule has 0 spiro atoms. The third kappa shape index (κ3) is 2.47. The largest absolute Gasteiger partial charge is 0.497 e. The van der Waals surface area contributed by atoms with Crippen molar-refractivity contribution >= 4 is 5.91 Å². The fourth-order valence-electron chi connectivity index (χ4n) is 4.20. The van der Waals surface area contributed by atoms with Gasteiger partial charge in [0.05, 0.1) is 13.3 Å². The van der Waals surface area contributed by atoms with Gasteiger partial charge >= 0.3 is 0 Å². The molecule has 6 nitrogen and oxygen atoms in total. The number of likely N-dealkylation sites (tertiary alicyclic amines) is 2. The minimum absolute atomic E-state index is 0.0574. The molecule has 0 bridgehead atoms. The third-order valence-corrected chi connectivity index (χ3v) is 5.28. The minimum Gasteiger partial charge on any atom is -0.497 e. The van der Waals surface area contributed by atoms with Crippen LogP contribution in [0.3, 0.4) is 0 Å². The van der Waals surface area contributed by atoms with E-state index in [1.54, 1.807) is 7.11 Å². The number of rotatable bonds is 3. The predicted octanol–water partition coefficient (Wildman–Crippen LogP) is 2.06. The van der Waals surface area contributed by atoms with Gasteiger partial charge in [-0.1, -0.05) is 12.1 Å². The Morgan fingerprint density at radius 3 is 2.71 bits per heavy atom. The standard InChI is InChI=1S/C18H21N3O3/c1-20-8-13-9-21(18(22)16-7-19-11-24-16)10-15(13)17(20)12-3-5-14(23-2)6-4-12/h3-7,11,13,15,17H,8-10H2,1-2H3/t13-,15+,17+/m0/s1. The highest BCUT2D eigenvalue weighted by Gasteiger charge is 2.47. The molecular weight excluding hydrogens is 306 g/mol. The van der Waals surface area contributed by atoms with E-state index in [-0.39, 0.29) is 5.91 Å². The van der Waals surface area contributed by atoms with Crippen LogP contribution < -0.4 is 4.74 Å². The van der Waals surface area contributed by atoms with Gasteiger partial charge in [-0.2, -0.15) is 0 Å². The molecule has 6 heteroatoms. The number of hydrogen-bond acceptors (Lipinski definition) is 5. The second kappa shape index (κ2) is 5.94. The average Bonchev–Trinajstić information content (AvgIpc) is 3.30. The van der Waals surface area contributed by atoms with E-state index in [2.05, 4.69) is 29.1 Å². The molecule has 0 aliphatic carbocycles. The van der Waals surface area contributed by atoms with E-state index in [4.69, 9.17) is 9.15 Å². The fourth-order valence-corrected chi connectivity index (χ4v) is 4.20. The summed E-state index contributed by atoms with van der Waals surface area (Å²) in [4.78, 5) is 20.7. The molecule has 3 atom stereocenters. The summed E-state index contributed by atoms with van der Waals surface area (Å²) in [5.74, 6) is 2.07. The number of hydrogen-bond donors (Lipinski definition) is 0. The Kier molecular flexibility index (Phi) is 3.76. The molecule has 0 saturated carbocycles. The van der Waals surface area contributed by atoms with Gasteiger partial charge < -0.3 is 14.1 Å². The Hall–Kier alpha value is -2.34. The number of amides is 1. The van der Waals surface area contributed by atoms with Gasteiger partial charge in [0, 0.05) is 31.6 Å². The molecule has 2 aliphatic heterocycles. The number of aromatic nitrogens is 1. The van der Waals surface area contributed by atoms with E-state index in [0.29, 0.717) is 23.6 Å². The van der Waals surface area contributed by atoms with Gasteiger partial charge in [-0.15, -0.1) is 0 Å². The third-order valence-electron chi connectivity index (χ3n) is 5.28. The average molecular weight is 327 g/mol. The summed E-state index contributed by atoms with van der Waals surface area (Å²) in [6.07, 6.45) is 2.79. The Balaban J connectivity index is 1.54. The summed E-state index contributed by atoms with van der Waals surface area (Å²) < 4.78 is 10.4. The first-order chi connectivity index (χ1) is 11.7. The highest BCUT2D eigenvalue weighted by atomic mass is 16.5. The van der Waals surface area contributed by atoms with Crippen LogP contribution in [0.5, 0.6) is 5.75 Å². The minimum atomic E-state index is -0.0574. The van der Waals surface area contributed by atoms with Crippen LogP contribution in [0, 0.1) is 11.8 Å². The zero-order valence-electron chi connectivity index (χ0n) is 13.9. The number of fused-ring (bicyclic) bond motifs is 1. The molecular formula is C18H21N3O3. The zero-order chi connectivity index (χ0) is 16.7. The fraction of sp³-hybridized carbons (Fsp3) is 0.444. The zero-order valence-corrected chi connectivity index (χ0v) is 13.9. The maximum Gasteiger partial charge on any atom is 0.291 e. The number of carbonyl (C=O) groups is 1. The van der Waals surface area contributed by atoms with Gasteiger partial charge in [0.2, 0.25) is 5.76 Å². The van der Waals surface area contributed by atoms with Crippen molar-refractivity contribution < 1.29 is 13.9 Å². The Morgan fingerprint density at radius 1 is 1.25 bits per heavy atom. The maximum atomic E-state index is 12.5. The monoisotopic (exact) mass is 327 g/mol. The number of oxazole rings is 1. The lowest BCUT2D eigenvalue weighted by Crippen LogP contribution is -2.33. The smallest absolute Gasteiger partial charge is 0.291 e. The van der Waals surface area contributed by atoms with Crippen LogP contribution in [0.4, 0.5) is 0 Å². The van der Waals surface area contributed by atoms with Crippen LogP contribution in [0.1, 0.15) is 22.2 Å². The van der Waals surface area contributed by atoms with Crippen LogP contribution in [-0.4, -0.2) is 54.5 Å². The van der Waals surface area contributed by atoms with Crippen molar-refractivity contribution in [2.45, 2.75) is 6.04 Å². The topological polar surface area (TPSA) is 58.8 Å². The summed E-state index contributed by atoms with van der Waals surface area (Å²) in [7, 11) is 3.84. The van der Waals surface area contributed by atoms with Crippen molar-refractivity contribution in [3.63, 3.8) is 0 Å². The molecule has 126 valence electrons. The van der Waals surface area contributed by atoms with Gasteiger partial charge in [0.15, 0.2) is 6.39 Å². The lowest BCUT2D eigenvalue weighted by molar-refractivity contribution is 0.0736. The molecule has 4 rings (SSSR count). The molecule has 1 aromatic carbocycles. The van der Waals surface area contributed by atoms with Crippen molar-refractivity contribution in [2.24, 2.45) is 11.8 Å². The first-order valence-electron chi connectivity index (χ1n) is 8.19. The Morgan fingerprint density at radius 2 is 2.04 bits per heavy atom.